The molecule has 2 aromatic rings. The van der Waals surface area contributed by atoms with E-state index in [1.54, 1.807) is 11.8 Å². The van der Waals surface area contributed by atoms with Gasteiger partial charge in [-0.3, -0.25) is 0 Å². The van der Waals surface area contributed by atoms with Gasteiger partial charge in [0.25, 0.3) is 0 Å². The van der Waals surface area contributed by atoms with Crippen molar-refractivity contribution in [1.82, 2.24) is 0 Å². The summed E-state index contributed by atoms with van der Waals surface area (Å²) in [4.78, 5) is 1.22. The Labute approximate surface area is 119 Å². The molecule has 0 aliphatic carbocycles. The number of hydrogen-bond acceptors (Lipinski definition) is 3. The van der Waals surface area contributed by atoms with E-state index in [2.05, 4.69) is 26.0 Å². The minimum atomic E-state index is 0.706. The number of benzene rings is 2. The zero-order valence-corrected chi connectivity index (χ0v) is 12.2. The van der Waals surface area contributed by atoms with Crippen LogP contribution in [0.5, 0.6) is 5.75 Å². The summed E-state index contributed by atoms with van der Waals surface area (Å²) in [6.45, 7) is 4.92. The Morgan fingerprint density at radius 3 is 2.42 bits per heavy atom. The van der Waals surface area contributed by atoms with Gasteiger partial charge in [-0.25, -0.2) is 0 Å². The second-order valence-corrected chi connectivity index (χ2v) is 5.68. The van der Waals surface area contributed by atoms with Crippen molar-refractivity contribution in [1.29, 1.82) is 0 Å². The Bertz CT molecular complexity index is 537. The molecule has 100 valence electrons. The smallest absolute Gasteiger partial charge is 0.119 e. The molecule has 0 bridgehead atoms. The molecule has 0 unspecified atom stereocenters. The van der Waals surface area contributed by atoms with Crippen molar-refractivity contribution in [3.63, 3.8) is 0 Å². The Morgan fingerprint density at radius 2 is 1.74 bits per heavy atom. The Morgan fingerprint density at radius 1 is 1.00 bits per heavy atom. The van der Waals surface area contributed by atoms with Gasteiger partial charge in [-0.1, -0.05) is 6.07 Å². The van der Waals surface area contributed by atoms with Crippen LogP contribution in [0, 0.1) is 13.8 Å². The third-order valence-electron chi connectivity index (χ3n) is 2.98. The van der Waals surface area contributed by atoms with Gasteiger partial charge >= 0.3 is 0 Å². The van der Waals surface area contributed by atoms with E-state index in [0.29, 0.717) is 6.61 Å². The van der Waals surface area contributed by atoms with E-state index < -0.39 is 0 Å². The van der Waals surface area contributed by atoms with Crippen LogP contribution in [-0.2, 0) is 0 Å². The van der Waals surface area contributed by atoms with Crippen molar-refractivity contribution in [3.8, 4) is 5.75 Å². The normalized spacial score (nSPS) is 10.4. The maximum atomic E-state index is 5.74. The van der Waals surface area contributed by atoms with Crippen molar-refractivity contribution in [2.24, 2.45) is 0 Å². The van der Waals surface area contributed by atoms with Crippen molar-refractivity contribution in [2.75, 3.05) is 18.1 Å². The standard InChI is InChI=1S/C16H19NOS/c1-12-3-6-15(11-13(12)2)18-9-10-19-16-7-4-14(17)5-8-16/h3-8,11H,9-10,17H2,1-2H3. The number of aryl methyl sites for hydroxylation is 2. The first-order valence-electron chi connectivity index (χ1n) is 6.33. The van der Waals surface area contributed by atoms with Crippen LogP contribution in [-0.4, -0.2) is 12.4 Å². The number of nitrogens with two attached hydrogens (primary N) is 1. The van der Waals surface area contributed by atoms with Gasteiger partial charge in [0, 0.05) is 16.3 Å². The predicted octanol–water partition coefficient (Wildman–Crippen LogP) is 4.06. The largest absolute Gasteiger partial charge is 0.493 e. The number of hydrogen-bond donors (Lipinski definition) is 1. The van der Waals surface area contributed by atoms with E-state index in [9.17, 15) is 0 Å². The highest BCUT2D eigenvalue weighted by Gasteiger charge is 1.98. The van der Waals surface area contributed by atoms with E-state index >= 15 is 0 Å². The number of rotatable bonds is 5. The molecule has 0 atom stereocenters. The summed E-state index contributed by atoms with van der Waals surface area (Å²) >= 11 is 1.78. The van der Waals surface area contributed by atoms with E-state index in [1.807, 2.05) is 30.3 Å². The summed E-state index contributed by atoms with van der Waals surface area (Å²) in [5, 5.41) is 0. The summed E-state index contributed by atoms with van der Waals surface area (Å²) in [5.74, 6) is 1.87. The Balaban J connectivity index is 1.77. The SMILES string of the molecule is Cc1ccc(OCCSc2ccc(N)cc2)cc1C. The van der Waals surface area contributed by atoms with Gasteiger partial charge in [-0.15, -0.1) is 11.8 Å². The molecule has 0 heterocycles. The monoisotopic (exact) mass is 273 g/mol. The van der Waals surface area contributed by atoms with Crippen LogP contribution in [0.4, 0.5) is 5.69 Å². The second-order valence-electron chi connectivity index (χ2n) is 4.51. The Kier molecular flexibility index (Phi) is 4.74. The number of anilines is 1. The summed E-state index contributed by atoms with van der Waals surface area (Å²) < 4.78 is 5.74. The van der Waals surface area contributed by atoms with Gasteiger partial charge < -0.3 is 10.5 Å². The first-order valence-corrected chi connectivity index (χ1v) is 7.32. The average Bonchev–Trinajstić information content (AvgIpc) is 2.41. The lowest BCUT2D eigenvalue weighted by atomic mass is 10.1. The van der Waals surface area contributed by atoms with Crippen LogP contribution in [0.2, 0.25) is 0 Å². The highest BCUT2D eigenvalue weighted by molar-refractivity contribution is 7.99. The fraction of sp³-hybridized carbons (Fsp3) is 0.250. The molecule has 2 aromatic carbocycles. The van der Waals surface area contributed by atoms with Gasteiger partial charge in [-0.2, -0.15) is 0 Å². The molecule has 0 aromatic heterocycles. The Hall–Kier alpha value is -1.61. The molecule has 0 radical (unpaired) electrons. The van der Waals surface area contributed by atoms with Gasteiger partial charge in [0.05, 0.1) is 6.61 Å². The van der Waals surface area contributed by atoms with Crippen molar-refractivity contribution < 1.29 is 4.74 Å². The predicted molar refractivity (Wildman–Crippen MR) is 83.0 cm³/mol. The van der Waals surface area contributed by atoms with Gasteiger partial charge in [0.1, 0.15) is 5.75 Å². The molecule has 0 saturated carbocycles. The van der Waals surface area contributed by atoms with Crippen LogP contribution in [0.25, 0.3) is 0 Å². The third kappa shape index (κ3) is 4.21. The van der Waals surface area contributed by atoms with Gasteiger partial charge in [0.15, 0.2) is 0 Å². The minimum Gasteiger partial charge on any atom is -0.493 e. The topological polar surface area (TPSA) is 35.2 Å². The molecule has 0 saturated heterocycles. The lowest BCUT2D eigenvalue weighted by Gasteiger charge is -2.08. The average molecular weight is 273 g/mol. The minimum absolute atomic E-state index is 0.706. The van der Waals surface area contributed by atoms with Crippen LogP contribution in [0.3, 0.4) is 0 Å². The summed E-state index contributed by atoms with van der Waals surface area (Å²) in [5.41, 5.74) is 9.01. The second kappa shape index (κ2) is 6.53. The molecular weight excluding hydrogens is 254 g/mol. The molecule has 0 aliphatic heterocycles. The van der Waals surface area contributed by atoms with Gasteiger partial charge in [0.2, 0.25) is 0 Å². The van der Waals surface area contributed by atoms with E-state index in [1.165, 1.54) is 16.0 Å². The van der Waals surface area contributed by atoms with E-state index in [0.717, 1.165) is 17.2 Å². The van der Waals surface area contributed by atoms with Crippen LogP contribution >= 0.6 is 11.8 Å². The van der Waals surface area contributed by atoms with Crippen molar-refractivity contribution in [2.45, 2.75) is 18.7 Å². The van der Waals surface area contributed by atoms with Gasteiger partial charge in [-0.05, 0) is 61.4 Å². The zero-order chi connectivity index (χ0) is 13.7. The fourth-order valence-electron chi connectivity index (χ4n) is 1.69. The number of thioether (sulfide) groups is 1. The maximum Gasteiger partial charge on any atom is 0.119 e. The molecule has 2 rings (SSSR count). The number of ether oxygens (including phenoxy) is 1. The third-order valence-corrected chi connectivity index (χ3v) is 3.96. The summed E-state index contributed by atoms with van der Waals surface area (Å²) in [6.07, 6.45) is 0. The number of nitrogen functional groups attached to an aromatic ring is 1. The molecule has 0 spiro atoms. The first-order chi connectivity index (χ1) is 9.15. The highest BCUT2D eigenvalue weighted by atomic mass is 32.2. The van der Waals surface area contributed by atoms with E-state index in [4.69, 9.17) is 10.5 Å². The van der Waals surface area contributed by atoms with Crippen molar-refractivity contribution in [3.05, 3.63) is 53.6 Å². The molecule has 2 nitrogen and oxygen atoms in total. The van der Waals surface area contributed by atoms with Crippen molar-refractivity contribution >= 4 is 17.4 Å². The van der Waals surface area contributed by atoms with Crippen LogP contribution in [0.15, 0.2) is 47.4 Å². The zero-order valence-electron chi connectivity index (χ0n) is 11.3. The van der Waals surface area contributed by atoms with E-state index in [-0.39, 0.29) is 0 Å². The molecule has 0 aliphatic rings. The molecule has 0 fully saturated rings. The lowest BCUT2D eigenvalue weighted by molar-refractivity contribution is 0.343. The molecule has 19 heavy (non-hydrogen) atoms. The molecule has 0 amide bonds. The molecular formula is C16H19NOS. The first kappa shape index (κ1) is 13.8. The van der Waals surface area contributed by atoms with Crippen LogP contribution in [0.1, 0.15) is 11.1 Å². The lowest BCUT2D eigenvalue weighted by Crippen LogP contribution is -2.00. The fourth-order valence-corrected chi connectivity index (χ4v) is 2.42. The summed E-state index contributed by atoms with van der Waals surface area (Å²) in [7, 11) is 0. The van der Waals surface area contributed by atoms with Crippen LogP contribution < -0.4 is 10.5 Å². The maximum absolute atomic E-state index is 5.74. The molecule has 2 N–H and O–H groups in total. The quantitative estimate of drug-likeness (QED) is 0.507. The highest BCUT2D eigenvalue weighted by Crippen LogP contribution is 2.20. The summed E-state index contributed by atoms with van der Waals surface area (Å²) in [6, 6.07) is 14.1. The molecule has 3 heteroatoms.